The van der Waals surface area contributed by atoms with Crippen LogP contribution in [0.4, 0.5) is 10.1 Å². The van der Waals surface area contributed by atoms with Gasteiger partial charge in [-0.2, -0.15) is 5.10 Å². The second kappa shape index (κ2) is 9.17. The fraction of sp³-hybridized carbons (Fsp3) is 0.318. The normalized spacial score (nSPS) is 14.8. The lowest BCUT2D eigenvalue weighted by atomic mass is 10.1. The Morgan fingerprint density at radius 2 is 1.81 bits per heavy atom. The third kappa shape index (κ3) is 6.21. The molecule has 1 aliphatic rings. The Morgan fingerprint density at radius 3 is 2.47 bits per heavy atom. The molecular formula is C22H25FN4O4S. The number of carbonyl (C=O) groups excluding carboxylic acids is 2. The third-order valence-electron chi connectivity index (χ3n) is 4.46. The molecular weight excluding hydrogens is 435 g/mol. The number of anilines is 1. The molecule has 8 nitrogen and oxygen atoms in total. The molecule has 1 aliphatic heterocycles. The topological polar surface area (TPSA) is 108 Å². The molecule has 2 aromatic rings. The number of nitrogens with one attached hydrogen (secondary N) is 2. The Balaban J connectivity index is 1.75. The van der Waals surface area contributed by atoms with E-state index in [1.54, 1.807) is 39.0 Å². The van der Waals surface area contributed by atoms with E-state index in [9.17, 15) is 22.4 Å². The number of carbonyl (C=O) groups is 2. The summed E-state index contributed by atoms with van der Waals surface area (Å²) in [5.74, 6) is -1.16. The first-order valence-corrected chi connectivity index (χ1v) is 11.5. The van der Waals surface area contributed by atoms with E-state index in [1.165, 1.54) is 35.3 Å². The summed E-state index contributed by atoms with van der Waals surface area (Å²) < 4.78 is 40.8. The van der Waals surface area contributed by atoms with Gasteiger partial charge in [0.15, 0.2) is 0 Å². The first-order valence-electron chi connectivity index (χ1n) is 10.0. The van der Waals surface area contributed by atoms with Gasteiger partial charge < -0.3 is 5.32 Å². The van der Waals surface area contributed by atoms with Crippen LogP contribution in [0.2, 0.25) is 0 Å². The number of amides is 2. The largest absolute Gasteiger partial charge is 0.321 e. The summed E-state index contributed by atoms with van der Waals surface area (Å²) in [5.41, 5.74) is 0.453. The smallest absolute Gasteiger partial charge is 0.271 e. The first kappa shape index (κ1) is 23.6. The van der Waals surface area contributed by atoms with Gasteiger partial charge >= 0.3 is 0 Å². The van der Waals surface area contributed by atoms with E-state index in [4.69, 9.17) is 0 Å². The molecule has 0 fully saturated rings. The summed E-state index contributed by atoms with van der Waals surface area (Å²) in [6, 6.07) is 11.6. The Morgan fingerprint density at radius 1 is 1.12 bits per heavy atom. The molecule has 32 heavy (non-hydrogen) atoms. The molecule has 10 heteroatoms. The van der Waals surface area contributed by atoms with Crippen molar-refractivity contribution in [2.75, 3.05) is 5.32 Å². The summed E-state index contributed by atoms with van der Waals surface area (Å²) in [4.78, 5) is 24.9. The van der Waals surface area contributed by atoms with Crippen LogP contribution in [0.5, 0.6) is 0 Å². The highest BCUT2D eigenvalue weighted by molar-refractivity contribution is 7.89. The van der Waals surface area contributed by atoms with E-state index < -0.39 is 21.5 Å². The second-order valence-corrected chi connectivity index (χ2v) is 10.1. The van der Waals surface area contributed by atoms with Gasteiger partial charge in [0.2, 0.25) is 15.9 Å². The molecule has 0 bridgehead atoms. The summed E-state index contributed by atoms with van der Waals surface area (Å²) >= 11 is 0. The molecule has 0 spiro atoms. The van der Waals surface area contributed by atoms with Crippen LogP contribution in [-0.4, -0.2) is 36.5 Å². The number of rotatable bonds is 6. The van der Waals surface area contributed by atoms with Crippen LogP contribution in [-0.2, 0) is 26.2 Å². The Bertz CT molecular complexity index is 1160. The third-order valence-corrected chi connectivity index (χ3v) is 6.21. The van der Waals surface area contributed by atoms with Gasteiger partial charge in [0.1, 0.15) is 11.5 Å². The van der Waals surface area contributed by atoms with Gasteiger partial charge in [-0.1, -0.05) is 18.2 Å². The van der Waals surface area contributed by atoms with Gasteiger partial charge in [-0.15, -0.1) is 0 Å². The standard InChI is InChI=1S/C22H25FN4O4S/c1-22(2,3)26-32(30,31)18-6-4-5-17(13-18)24-21(29)19-11-12-20(28)27(25-19)14-15-7-9-16(23)10-8-15/h4-10,13,26H,11-12,14H2,1-3H3,(H,24,29). The van der Waals surface area contributed by atoms with E-state index in [1.807, 2.05) is 0 Å². The Kier molecular flexibility index (Phi) is 6.75. The molecule has 2 N–H and O–H groups in total. The maximum absolute atomic E-state index is 13.1. The average molecular weight is 461 g/mol. The van der Waals surface area contributed by atoms with Gasteiger partial charge in [0.25, 0.3) is 5.91 Å². The zero-order chi connectivity index (χ0) is 23.5. The van der Waals surface area contributed by atoms with Crippen LogP contribution in [0.1, 0.15) is 39.2 Å². The van der Waals surface area contributed by atoms with Crippen LogP contribution in [0.25, 0.3) is 0 Å². The fourth-order valence-electron chi connectivity index (χ4n) is 3.06. The number of sulfonamides is 1. The lowest BCUT2D eigenvalue weighted by Crippen LogP contribution is -2.40. The van der Waals surface area contributed by atoms with E-state index in [0.717, 1.165) is 0 Å². The molecule has 3 rings (SSSR count). The fourth-order valence-corrected chi connectivity index (χ4v) is 4.52. The number of benzene rings is 2. The van der Waals surface area contributed by atoms with Crippen LogP contribution >= 0.6 is 0 Å². The zero-order valence-corrected chi connectivity index (χ0v) is 18.9. The average Bonchev–Trinajstić information content (AvgIpc) is 2.69. The quantitative estimate of drug-likeness (QED) is 0.691. The van der Waals surface area contributed by atoms with Crippen molar-refractivity contribution in [2.45, 2.75) is 50.6 Å². The monoisotopic (exact) mass is 460 g/mol. The molecule has 2 aromatic carbocycles. The Labute approximate surface area is 186 Å². The van der Waals surface area contributed by atoms with Crippen molar-refractivity contribution in [3.63, 3.8) is 0 Å². The maximum Gasteiger partial charge on any atom is 0.271 e. The highest BCUT2D eigenvalue weighted by atomic mass is 32.2. The number of nitrogens with zero attached hydrogens (tertiary/aromatic N) is 2. The van der Waals surface area contributed by atoms with Crippen molar-refractivity contribution < 1.29 is 22.4 Å². The van der Waals surface area contributed by atoms with Crippen molar-refractivity contribution in [3.8, 4) is 0 Å². The number of hydrogen-bond donors (Lipinski definition) is 2. The van der Waals surface area contributed by atoms with Crippen LogP contribution in [0.15, 0.2) is 58.5 Å². The lowest BCUT2D eigenvalue weighted by molar-refractivity contribution is -0.132. The zero-order valence-electron chi connectivity index (χ0n) is 18.1. The van der Waals surface area contributed by atoms with E-state index in [-0.39, 0.29) is 47.4 Å². The predicted octanol–water partition coefficient (Wildman–Crippen LogP) is 3.02. The van der Waals surface area contributed by atoms with Gasteiger partial charge in [-0.25, -0.2) is 22.5 Å². The number of hydrazone groups is 1. The van der Waals surface area contributed by atoms with Crippen molar-refractivity contribution in [1.82, 2.24) is 9.73 Å². The molecule has 2 amide bonds. The van der Waals surface area contributed by atoms with Gasteiger partial charge in [-0.05, 0) is 56.7 Å². The van der Waals surface area contributed by atoms with Crippen LogP contribution in [0.3, 0.4) is 0 Å². The van der Waals surface area contributed by atoms with E-state index in [0.29, 0.717) is 5.56 Å². The Hall–Kier alpha value is -3.11. The van der Waals surface area contributed by atoms with Crippen LogP contribution < -0.4 is 10.0 Å². The molecule has 0 aliphatic carbocycles. The van der Waals surface area contributed by atoms with Crippen LogP contribution in [0, 0.1) is 5.82 Å². The minimum atomic E-state index is -3.77. The molecule has 0 radical (unpaired) electrons. The first-order chi connectivity index (χ1) is 14.9. The lowest BCUT2D eigenvalue weighted by Gasteiger charge is -2.23. The summed E-state index contributed by atoms with van der Waals surface area (Å²) in [6.45, 7) is 5.31. The number of hydrogen-bond acceptors (Lipinski definition) is 5. The van der Waals surface area contributed by atoms with Gasteiger partial charge in [-0.3, -0.25) is 9.59 Å². The minimum Gasteiger partial charge on any atom is -0.321 e. The van der Waals surface area contributed by atoms with Gasteiger partial charge in [0.05, 0.1) is 11.4 Å². The summed E-state index contributed by atoms with van der Waals surface area (Å²) in [5, 5.41) is 7.98. The molecule has 1 heterocycles. The second-order valence-electron chi connectivity index (χ2n) is 8.46. The van der Waals surface area contributed by atoms with Crippen molar-refractivity contribution >= 4 is 33.2 Å². The SMILES string of the molecule is CC(C)(C)NS(=O)(=O)c1cccc(NC(=O)C2=NN(Cc3ccc(F)cc3)C(=O)CC2)c1. The molecule has 0 saturated carbocycles. The van der Waals surface area contributed by atoms with Crippen molar-refractivity contribution in [2.24, 2.45) is 5.10 Å². The van der Waals surface area contributed by atoms with Gasteiger partial charge in [0, 0.05) is 24.1 Å². The van der Waals surface area contributed by atoms with E-state index in [2.05, 4.69) is 15.1 Å². The highest BCUT2D eigenvalue weighted by Crippen LogP contribution is 2.19. The summed E-state index contributed by atoms with van der Waals surface area (Å²) in [7, 11) is -3.77. The summed E-state index contributed by atoms with van der Waals surface area (Å²) in [6.07, 6.45) is 0.269. The maximum atomic E-state index is 13.1. The highest BCUT2D eigenvalue weighted by Gasteiger charge is 2.26. The van der Waals surface area contributed by atoms with Crippen molar-refractivity contribution in [1.29, 1.82) is 0 Å². The molecule has 170 valence electrons. The molecule has 0 aromatic heterocycles. The molecule has 0 unspecified atom stereocenters. The minimum absolute atomic E-state index is 0.0175. The molecule has 0 saturated heterocycles. The number of halogens is 1. The predicted molar refractivity (Wildman–Crippen MR) is 119 cm³/mol. The molecule has 0 atom stereocenters. The van der Waals surface area contributed by atoms with E-state index >= 15 is 0 Å². The van der Waals surface area contributed by atoms with Crippen molar-refractivity contribution in [3.05, 3.63) is 59.9 Å².